The van der Waals surface area contributed by atoms with Crippen LogP contribution in [-0.4, -0.2) is 24.1 Å². The lowest BCUT2D eigenvalue weighted by Crippen LogP contribution is -2.14. The van der Waals surface area contributed by atoms with Gasteiger partial charge >= 0.3 is 0 Å². The van der Waals surface area contributed by atoms with Crippen LogP contribution in [0, 0.1) is 0 Å². The predicted molar refractivity (Wildman–Crippen MR) is 258 cm³/mol. The average molecular weight is 804 g/mol. The van der Waals surface area contributed by atoms with E-state index in [0.717, 1.165) is 74.4 Å². The van der Waals surface area contributed by atoms with E-state index in [2.05, 4.69) is 173 Å². The molecule has 0 spiro atoms. The molecule has 0 N–H and O–H groups in total. The van der Waals surface area contributed by atoms with Crippen LogP contribution in [0.4, 0.5) is 0 Å². The van der Waals surface area contributed by atoms with Gasteiger partial charge in [0.15, 0.2) is 5.82 Å². The van der Waals surface area contributed by atoms with Gasteiger partial charge in [-0.15, -0.1) is 0 Å². The molecule has 7 aromatic rings. The van der Waals surface area contributed by atoms with Crippen LogP contribution in [0.2, 0.25) is 0 Å². The van der Waals surface area contributed by atoms with E-state index in [-0.39, 0.29) is 11.8 Å². The smallest absolute Gasteiger partial charge is 0.163 e. The Bertz CT molecular complexity index is 3190. The summed E-state index contributed by atoms with van der Waals surface area (Å²) in [5.74, 6) is 2.74. The van der Waals surface area contributed by atoms with Gasteiger partial charge in [-0.2, -0.15) is 0 Å². The summed E-state index contributed by atoms with van der Waals surface area (Å²) in [6.45, 7) is 0. The minimum absolute atomic E-state index is 0.0638. The predicted octanol–water partition coefficient (Wildman–Crippen LogP) is 14.4. The first kappa shape index (κ1) is 37.0. The molecular weight excluding hydrogens is 755 g/mol. The number of allylic oxidation sites excluding steroid dienone is 15. The Labute approximate surface area is 363 Å². The SMILES string of the molecule is C1=CCC(c2nc(C3=CCCC=C3)nc(C3C=CC=C(c4ccc5c(c4)c4c(n5-c5ccc(-c6cccc7c8ccccc8n(C8=CCCCC8)c67)cc5)C=CCC4)C3)n2)C=C1. The molecule has 2 unspecified atom stereocenters. The Morgan fingerprint density at radius 2 is 1.42 bits per heavy atom. The summed E-state index contributed by atoms with van der Waals surface area (Å²) < 4.78 is 5.04. The van der Waals surface area contributed by atoms with E-state index >= 15 is 0 Å². The Balaban J connectivity index is 0.892. The lowest BCUT2D eigenvalue weighted by Gasteiger charge is -2.21. The highest BCUT2D eigenvalue weighted by atomic mass is 15.0. The molecule has 0 amide bonds. The minimum atomic E-state index is 0.0638. The van der Waals surface area contributed by atoms with Gasteiger partial charge in [0, 0.05) is 56.2 Å². The molecule has 0 radical (unpaired) electrons. The van der Waals surface area contributed by atoms with Gasteiger partial charge in [0.2, 0.25) is 0 Å². The van der Waals surface area contributed by atoms with Gasteiger partial charge in [0.05, 0.1) is 16.6 Å². The molecule has 3 heterocycles. The van der Waals surface area contributed by atoms with Crippen LogP contribution in [-0.2, 0) is 6.42 Å². The van der Waals surface area contributed by atoms with Crippen LogP contribution in [0.3, 0.4) is 0 Å². The van der Waals surface area contributed by atoms with E-state index in [1.807, 2.05) is 0 Å². The number of benzene rings is 4. The van der Waals surface area contributed by atoms with Crippen molar-refractivity contribution in [3.63, 3.8) is 0 Å². The Hall–Kier alpha value is -6.85. The highest BCUT2D eigenvalue weighted by molar-refractivity contribution is 6.14. The molecule has 5 aliphatic carbocycles. The van der Waals surface area contributed by atoms with Crippen LogP contribution in [0.1, 0.15) is 104 Å². The molecule has 3 aromatic heterocycles. The fourth-order valence-corrected chi connectivity index (χ4v) is 10.6. The first-order valence-corrected chi connectivity index (χ1v) is 22.8. The zero-order valence-electron chi connectivity index (χ0n) is 35.1. The maximum absolute atomic E-state index is 5.17. The van der Waals surface area contributed by atoms with Crippen molar-refractivity contribution in [1.29, 1.82) is 0 Å². The number of rotatable bonds is 7. The summed E-state index contributed by atoms with van der Waals surface area (Å²) >= 11 is 0. The molecule has 4 aromatic carbocycles. The summed E-state index contributed by atoms with van der Waals surface area (Å²) in [5, 5.41) is 3.98. The molecule has 2 atom stereocenters. The zero-order valence-corrected chi connectivity index (χ0v) is 35.1. The minimum Gasteiger partial charge on any atom is -0.313 e. The maximum atomic E-state index is 5.17. The first-order valence-electron chi connectivity index (χ1n) is 22.8. The van der Waals surface area contributed by atoms with E-state index in [0.29, 0.717) is 0 Å². The number of hydrogen-bond acceptors (Lipinski definition) is 3. The lowest BCUT2D eigenvalue weighted by atomic mass is 9.88. The van der Waals surface area contributed by atoms with Crippen LogP contribution in [0.15, 0.2) is 158 Å². The quantitative estimate of drug-likeness (QED) is 0.161. The van der Waals surface area contributed by atoms with Crippen molar-refractivity contribution in [2.75, 3.05) is 0 Å². The molecular formula is C57H49N5. The molecule has 62 heavy (non-hydrogen) atoms. The van der Waals surface area contributed by atoms with E-state index in [1.165, 1.54) is 90.5 Å². The topological polar surface area (TPSA) is 48.5 Å². The summed E-state index contributed by atoms with van der Waals surface area (Å²) in [4.78, 5) is 15.4. The number of hydrogen-bond donors (Lipinski definition) is 0. The molecule has 5 nitrogen and oxygen atoms in total. The van der Waals surface area contributed by atoms with Crippen molar-refractivity contribution in [2.24, 2.45) is 0 Å². The van der Waals surface area contributed by atoms with Gasteiger partial charge in [-0.05, 0) is 123 Å². The third-order valence-electron chi connectivity index (χ3n) is 13.7. The fourth-order valence-electron chi connectivity index (χ4n) is 10.6. The molecule has 5 aliphatic rings. The molecule has 302 valence electrons. The molecule has 0 saturated carbocycles. The van der Waals surface area contributed by atoms with Crippen molar-refractivity contribution in [1.82, 2.24) is 24.1 Å². The Morgan fingerprint density at radius 3 is 2.27 bits per heavy atom. The fraction of sp³-hybridized carbons (Fsp3) is 0.211. The molecule has 12 rings (SSSR count). The summed E-state index contributed by atoms with van der Waals surface area (Å²) in [6, 6.07) is 32.2. The van der Waals surface area contributed by atoms with Gasteiger partial charge in [-0.1, -0.05) is 128 Å². The molecule has 0 aliphatic heterocycles. The van der Waals surface area contributed by atoms with Crippen LogP contribution >= 0.6 is 0 Å². The third kappa shape index (κ3) is 6.41. The largest absolute Gasteiger partial charge is 0.313 e. The zero-order chi connectivity index (χ0) is 41.0. The number of fused-ring (bicyclic) bond motifs is 6. The second kappa shape index (κ2) is 15.6. The van der Waals surface area contributed by atoms with E-state index in [9.17, 15) is 0 Å². The normalized spacial score (nSPS) is 19.6. The summed E-state index contributed by atoms with van der Waals surface area (Å²) in [5.41, 5.74) is 15.4. The lowest BCUT2D eigenvalue weighted by molar-refractivity contribution is 0.694. The first-order chi connectivity index (χ1) is 30.7. The molecule has 0 bridgehead atoms. The van der Waals surface area contributed by atoms with Gasteiger partial charge in [-0.3, -0.25) is 0 Å². The second-order valence-electron chi connectivity index (χ2n) is 17.5. The van der Waals surface area contributed by atoms with Gasteiger partial charge in [0.1, 0.15) is 11.6 Å². The highest BCUT2D eigenvalue weighted by Crippen LogP contribution is 2.42. The van der Waals surface area contributed by atoms with Crippen LogP contribution < -0.4 is 0 Å². The average Bonchev–Trinajstić information content (AvgIpc) is 3.88. The van der Waals surface area contributed by atoms with Crippen molar-refractivity contribution >= 4 is 55.6 Å². The number of para-hydroxylation sites is 2. The van der Waals surface area contributed by atoms with Crippen molar-refractivity contribution in [3.8, 4) is 16.8 Å². The summed E-state index contributed by atoms with van der Waals surface area (Å²) in [6.07, 6.45) is 39.9. The van der Waals surface area contributed by atoms with Crippen molar-refractivity contribution in [2.45, 2.75) is 76.0 Å². The van der Waals surface area contributed by atoms with E-state index in [1.54, 1.807) is 0 Å². The van der Waals surface area contributed by atoms with Gasteiger partial charge in [-0.25, -0.2) is 15.0 Å². The number of aryl methyl sites for hydroxylation is 1. The summed E-state index contributed by atoms with van der Waals surface area (Å²) in [7, 11) is 0. The second-order valence-corrected chi connectivity index (χ2v) is 17.5. The van der Waals surface area contributed by atoms with Crippen LogP contribution in [0.25, 0.3) is 72.4 Å². The van der Waals surface area contributed by atoms with Crippen molar-refractivity contribution in [3.05, 3.63) is 192 Å². The van der Waals surface area contributed by atoms with Gasteiger partial charge in [0.25, 0.3) is 0 Å². The molecule has 0 saturated heterocycles. The van der Waals surface area contributed by atoms with Crippen LogP contribution in [0.5, 0.6) is 0 Å². The Kier molecular flexibility index (Phi) is 9.27. The number of nitrogens with zero attached hydrogens (tertiary/aromatic N) is 5. The maximum Gasteiger partial charge on any atom is 0.163 e. The van der Waals surface area contributed by atoms with Gasteiger partial charge < -0.3 is 9.13 Å². The van der Waals surface area contributed by atoms with E-state index in [4.69, 9.17) is 15.0 Å². The monoisotopic (exact) mass is 803 g/mol. The Morgan fingerprint density at radius 1 is 0.581 bits per heavy atom. The molecule has 5 heteroatoms. The standard InChI is InChI=1S/C57H49N5/c1-4-16-39(17-5-1)55-58-56(40-18-6-2-7-19-40)60-57(59-55)43-21-14-20-41(36-43)42-32-35-53-50(37-42)48-25-11-12-28-51(48)61(53)45-33-30-38(31-34-45)46-26-15-27-49-47-24-10-13-29-52(47)62(54(46)49)44-22-8-3-9-23-44/h1,4-6,10,12-16,18-22,24,26-35,37,39,43H,2-3,7-9,11,17,23,25,36H2. The third-order valence-corrected chi connectivity index (χ3v) is 13.7. The number of aromatic nitrogens is 5. The van der Waals surface area contributed by atoms with Crippen molar-refractivity contribution < 1.29 is 0 Å². The molecule has 0 fully saturated rings. The highest BCUT2D eigenvalue weighted by Gasteiger charge is 2.25. The van der Waals surface area contributed by atoms with E-state index < -0.39 is 0 Å².